The summed E-state index contributed by atoms with van der Waals surface area (Å²) in [5.74, 6) is -1.53. The molecule has 0 aliphatic carbocycles. The minimum atomic E-state index is -1.15. The molecule has 8 heteroatoms. The van der Waals surface area contributed by atoms with E-state index in [-0.39, 0.29) is 19.0 Å². The van der Waals surface area contributed by atoms with Crippen molar-refractivity contribution in [2.75, 3.05) is 13.1 Å². The number of nitriles is 1. The van der Waals surface area contributed by atoms with E-state index in [4.69, 9.17) is 10.00 Å². The lowest BCUT2D eigenvalue weighted by atomic mass is 10.2. The topological polar surface area (TPSA) is 120 Å². The van der Waals surface area contributed by atoms with Crippen molar-refractivity contribution in [3.8, 4) is 11.8 Å². The lowest BCUT2D eigenvalue weighted by Crippen LogP contribution is -2.51. The average Bonchev–Trinajstić information content (AvgIpc) is 2.57. The van der Waals surface area contributed by atoms with Crippen LogP contribution in [0, 0.1) is 11.3 Å². The lowest BCUT2D eigenvalue weighted by molar-refractivity contribution is -0.152. The summed E-state index contributed by atoms with van der Waals surface area (Å²) in [5.41, 5.74) is 0.461. The third-order valence-electron chi connectivity index (χ3n) is 3.48. The quantitative estimate of drug-likeness (QED) is 0.716. The normalized spacial score (nSPS) is 12.4. The zero-order valence-electron chi connectivity index (χ0n) is 14.4. The van der Waals surface area contributed by atoms with Gasteiger partial charge in [-0.05, 0) is 38.1 Å². The van der Waals surface area contributed by atoms with Gasteiger partial charge in [0.15, 0.2) is 6.10 Å². The highest BCUT2D eigenvalue weighted by atomic mass is 16.5. The SMILES string of the molecule is CC(=O)NCCN(C(=O)C(C)Oc1ccc(C#N)cc1)C(C)C(=O)O. The predicted octanol–water partition coefficient (Wildman–Crippen LogP) is 0.763. The molecule has 0 radical (unpaired) electrons. The Morgan fingerprint density at radius 1 is 1.28 bits per heavy atom. The van der Waals surface area contributed by atoms with E-state index in [0.29, 0.717) is 11.3 Å². The van der Waals surface area contributed by atoms with Crippen LogP contribution in [0.2, 0.25) is 0 Å². The van der Waals surface area contributed by atoms with E-state index >= 15 is 0 Å². The highest BCUT2D eigenvalue weighted by molar-refractivity contribution is 5.86. The van der Waals surface area contributed by atoms with Crippen LogP contribution in [-0.4, -0.2) is 53.0 Å². The number of amides is 2. The van der Waals surface area contributed by atoms with Crippen LogP contribution >= 0.6 is 0 Å². The molecule has 2 atom stereocenters. The van der Waals surface area contributed by atoms with E-state index in [1.165, 1.54) is 20.8 Å². The van der Waals surface area contributed by atoms with Crippen LogP contribution in [0.5, 0.6) is 5.75 Å². The molecule has 0 heterocycles. The van der Waals surface area contributed by atoms with Crippen LogP contribution in [0.3, 0.4) is 0 Å². The molecular formula is C17H21N3O5. The Morgan fingerprint density at radius 3 is 2.36 bits per heavy atom. The molecule has 1 rings (SSSR count). The summed E-state index contributed by atoms with van der Waals surface area (Å²) in [7, 11) is 0. The number of ether oxygens (including phenoxy) is 1. The summed E-state index contributed by atoms with van der Waals surface area (Å²) < 4.78 is 5.53. The number of carbonyl (C=O) groups excluding carboxylic acids is 2. The molecule has 0 aromatic heterocycles. The fraction of sp³-hybridized carbons (Fsp3) is 0.412. The van der Waals surface area contributed by atoms with Crippen LogP contribution in [0.25, 0.3) is 0 Å². The van der Waals surface area contributed by atoms with E-state index in [9.17, 15) is 19.5 Å². The fourth-order valence-electron chi connectivity index (χ4n) is 2.08. The monoisotopic (exact) mass is 347 g/mol. The van der Waals surface area contributed by atoms with Gasteiger partial charge in [0.1, 0.15) is 11.8 Å². The Kier molecular flexibility index (Phi) is 7.41. The van der Waals surface area contributed by atoms with Gasteiger partial charge in [-0.1, -0.05) is 0 Å². The van der Waals surface area contributed by atoms with Gasteiger partial charge in [-0.25, -0.2) is 4.79 Å². The minimum Gasteiger partial charge on any atom is -0.481 e. The van der Waals surface area contributed by atoms with Gasteiger partial charge in [-0.3, -0.25) is 9.59 Å². The van der Waals surface area contributed by atoms with Crippen molar-refractivity contribution in [1.82, 2.24) is 10.2 Å². The van der Waals surface area contributed by atoms with Crippen molar-refractivity contribution in [3.05, 3.63) is 29.8 Å². The van der Waals surface area contributed by atoms with E-state index < -0.39 is 24.0 Å². The second-order valence-electron chi connectivity index (χ2n) is 5.43. The summed E-state index contributed by atoms with van der Waals surface area (Å²) in [6.45, 7) is 4.43. The molecule has 25 heavy (non-hydrogen) atoms. The van der Waals surface area contributed by atoms with E-state index in [2.05, 4.69) is 5.32 Å². The van der Waals surface area contributed by atoms with Gasteiger partial charge in [0.25, 0.3) is 5.91 Å². The maximum absolute atomic E-state index is 12.6. The number of aliphatic carboxylic acids is 1. The second-order valence-corrected chi connectivity index (χ2v) is 5.43. The van der Waals surface area contributed by atoms with Gasteiger partial charge in [-0.15, -0.1) is 0 Å². The molecule has 0 aliphatic rings. The smallest absolute Gasteiger partial charge is 0.326 e. The molecule has 0 fully saturated rings. The van der Waals surface area contributed by atoms with Gasteiger partial charge < -0.3 is 20.1 Å². The van der Waals surface area contributed by atoms with Crippen LogP contribution in [-0.2, 0) is 14.4 Å². The Morgan fingerprint density at radius 2 is 1.88 bits per heavy atom. The summed E-state index contributed by atoms with van der Waals surface area (Å²) in [6, 6.07) is 7.15. The van der Waals surface area contributed by atoms with Crippen LogP contribution in [0.4, 0.5) is 0 Å². The largest absolute Gasteiger partial charge is 0.481 e. The van der Waals surface area contributed by atoms with Gasteiger partial charge in [0.2, 0.25) is 5.91 Å². The minimum absolute atomic E-state index is 0.0486. The summed E-state index contributed by atoms with van der Waals surface area (Å²) >= 11 is 0. The molecule has 2 unspecified atom stereocenters. The maximum Gasteiger partial charge on any atom is 0.326 e. The second kappa shape index (κ2) is 9.27. The Balaban J connectivity index is 2.80. The molecule has 1 aromatic rings. The number of nitrogens with zero attached hydrogens (tertiary/aromatic N) is 2. The fourth-order valence-corrected chi connectivity index (χ4v) is 2.08. The van der Waals surface area contributed by atoms with Crippen molar-refractivity contribution in [3.63, 3.8) is 0 Å². The van der Waals surface area contributed by atoms with Gasteiger partial charge >= 0.3 is 5.97 Å². The van der Waals surface area contributed by atoms with Gasteiger partial charge in [-0.2, -0.15) is 5.26 Å². The average molecular weight is 347 g/mol. The molecule has 0 saturated carbocycles. The van der Waals surface area contributed by atoms with Crippen molar-refractivity contribution in [2.45, 2.75) is 32.9 Å². The van der Waals surface area contributed by atoms with Crippen molar-refractivity contribution in [1.29, 1.82) is 5.26 Å². The Labute approximate surface area is 146 Å². The maximum atomic E-state index is 12.6. The molecule has 2 N–H and O–H groups in total. The molecule has 0 bridgehead atoms. The van der Waals surface area contributed by atoms with E-state index in [1.807, 2.05) is 6.07 Å². The molecule has 8 nitrogen and oxygen atoms in total. The number of hydrogen-bond donors (Lipinski definition) is 2. The summed E-state index contributed by atoms with van der Waals surface area (Å²) in [6.07, 6.45) is -0.924. The molecule has 134 valence electrons. The number of carboxylic acid groups (broad SMARTS) is 1. The molecule has 1 aromatic carbocycles. The number of benzene rings is 1. The first kappa shape index (κ1) is 20.0. The number of hydrogen-bond acceptors (Lipinski definition) is 5. The molecule has 0 aliphatic heterocycles. The van der Waals surface area contributed by atoms with Crippen LogP contribution in [0.1, 0.15) is 26.3 Å². The number of carbonyl (C=O) groups is 3. The standard InChI is InChI=1S/C17H21N3O5/c1-11(17(23)24)20(9-8-19-13(3)21)16(22)12(2)25-15-6-4-14(10-18)5-7-15/h4-7,11-12H,8-9H2,1-3H3,(H,19,21)(H,23,24). The first-order chi connectivity index (χ1) is 11.8. The predicted molar refractivity (Wildman–Crippen MR) is 88.7 cm³/mol. The first-order valence-electron chi connectivity index (χ1n) is 7.70. The summed E-state index contributed by atoms with van der Waals surface area (Å²) in [4.78, 5) is 35.9. The highest BCUT2D eigenvalue weighted by Crippen LogP contribution is 2.15. The summed E-state index contributed by atoms with van der Waals surface area (Å²) in [5, 5.41) is 20.5. The zero-order valence-corrected chi connectivity index (χ0v) is 14.4. The number of carboxylic acids is 1. The van der Waals surface area contributed by atoms with Gasteiger partial charge in [0, 0.05) is 20.0 Å². The lowest BCUT2D eigenvalue weighted by Gasteiger charge is -2.29. The van der Waals surface area contributed by atoms with Crippen molar-refractivity contribution in [2.24, 2.45) is 0 Å². The van der Waals surface area contributed by atoms with E-state index in [1.54, 1.807) is 24.3 Å². The third-order valence-corrected chi connectivity index (χ3v) is 3.48. The van der Waals surface area contributed by atoms with E-state index in [0.717, 1.165) is 4.90 Å². The number of rotatable bonds is 8. The highest BCUT2D eigenvalue weighted by Gasteiger charge is 2.29. The molecule has 0 spiro atoms. The first-order valence-corrected chi connectivity index (χ1v) is 7.70. The third kappa shape index (κ3) is 6.14. The molecule has 2 amide bonds. The Bertz CT molecular complexity index is 666. The van der Waals surface area contributed by atoms with Crippen molar-refractivity contribution >= 4 is 17.8 Å². The van der Waals surface area contributed by atoms with Crippen molar-refractivity contribution < 1.29 is 24.2 Å². The van der Waals surface area contributed by atoms with Gasteiger partial charge in [0.05, 0.1) is 11.6 Å². The van der Waals surface area contributed by atoms with Crippen LogP contribution in [0.15, 0.2) is 24.3 Å². The van der Waals surface area contributed by atoms with Crippen LogP contribution < -0.4 is 10.1 Å². The Hall–Kier alpha value is -3.08. The molecular weight excluding hydrogens is 326 g/mol. The number of nitrogens with one attached hydrogen (secondary N) is 1. The molecule has 0 saturated heterocycles. The zero-order chi connectivity index (χ0) is 19.0.